The summed E-state index contributed by atoms with van der Waals surface area (Å²) in [6, 6.07) is 13.6. The van der Waals surface area contributed by atoms with Gasteiger partial charge in [0.2, 0.25) is 0 Å². The van der Waals surface area contributed by atoms with Crippen molar-refractivity contribution >= 4 is 48.0 Å². The highest BCUT2D eigenvalue weighted by atomic mass is 32.2. The van der Waals surface area contributed by atoms with Crippen LogP contribution in [0.3, 0.4) is 0 Å². The third-order valence-electron chi connectivity index (χ3n) is 6.07. The highest BCUT2D eigenvalue weighted by molar-refractivity contribution is 7.92. The fraction of sp³-hybridized carbons (Fsp3) is 0.333. The number of amides is 1. The monoisotopic (exact) mass is 488 g/mol. The van der Waals surface area contributed by atoms with Crippen LogP contribution in [0.15, 0.2) is 59.5 Å². The van der Waals surface area contributed by atoms with Gasteiger partial charge in [-0.25, -0.2) is 22.2 Å². The molecule has 33 heavy (non-hydrogen) atoms. The number of hydrogen-bond acceptors (Lipinski definition) is 5. The Balaban J connectivity index is 1.45. The van der Waals surface area contributed by atoms with Gasteiger partial charge < -0.3 is 0 Å². The lowest BCUT2D eigenvalue weighted by atomic mass is 9.98. The normalized spacial score (nSPS) is 23.7. The van der Waals surface area contributed by atoms with Gasteiger partial charge >= 0.3 is 0 Å². The number of carbonyl (C=O) groups is 1. The van der Waals surface area contributed by atoms with Crippen molar-refractivity contribution in [3.8, 4) is 0 Å². The van der Waals surface area contributed by atoms with Crippen LogP contribution in [0.25, 0.3) is 15.8 Å². The standard InChI is InChI=1S/C24H22F2N2O3S2/c25-19-12-14(13-20(19)26)11-18(15-5-7-16(8-6-15)33(30,31)17-9-10-17)23(29)28-24-27-21-3-1-2-4-22(21)32-24/h1-8,11,14,17,19-20H,9-10,12-13H2,(H,27,28,29)/b18-11+/t14-,19+,20-. The predicted octanol–water partition coefficient (Wildman–Crippen LogP) is 5.34. The van der Waals surface area contributed by atoms with E-state index in [1.807, 2.05) is 24.3 Å². The van der Waals surface area contributed by atoms with Crippen LogP contribution in [-0.4, -0.2) is 36.9 Å². The maximum Gasteiger partial charge on any atom is 0.257 e. The molecule has 0 aliphatic heterocycles. The fourth-order valence-corrected chi connectivity index (χ4v) is 6.65. The van der Waals surface area contributed by atoms with E-state index in [1.54, 1.807) is 18.2 Å². The fourth-order valence-electron chi connectivity index (χ4n) is 4.13. The van der Waals surface area contributed by atoms with Gasteiger partial charge in [0, 0.05) is 5.57 Å². The highest BCUT2D eigenvalue weighted by Gasteiger charge is 2.37. The number of alkyl halides is 2. The zero-order valence-corrected chi connectivity index (χ0v) is 19.2. The molecule has 2 fully saturated rings. The number of rotatable bonds is 6. The lowest BCUT2D eigenvalue weighted by Crippen LogP contribution is -2.15. The Hall–Kier alpha value is -2.65. The first-order valence-electron chi connectivity index (χ1n) is 10.8. The minimum Gasteiger partial charge on any atom is -0.298 e. The zero-order chi connectivity index (χ0) is 23.2. The number of thiazole rings is 1. The van der Waals surface area contributed by atoms with Gasteiger partial charge in [0.15, 0.2) is 15.0 Å². The van der Waals surface area contributed by atoms with E-state index in [4.69, 9.17) is 0 Å². The van der Waals surface area contributed by atoms with Crippen molar-refractivity contribution in [2.75, 3.05) is 5.32 Å². The molecule has 172 valence electrons. The summed E-state index contributed by atoms with van der Waals surface area (Å²) in [4.78, 5) is 17.9. The molecule has 5 nitrogen and oxygen atoms in total. The van der Waals surface area contributed by atoms with Crippen LogP contribution in [0.4, 0.5) is 13.9 Å². The van der Waals surface area contributed by atoms with E-state index in [-0.39, 0.29) is 28.6 Å². The highest BCUT2D eigenvalue weighted by Crippen LogP contribution is 2.36. The first-order chi connectivity index (χ1) is 15.8. The van der Waals surface area contributed by atoms with Crippen molar-refractivity contribution in [2.45, 2.75) is 48.2 Å². The van der Waals surface area contributed by atoms with E-state index >= 15 is 0 Å². The van der Waals surface area contributed by atoms with E-state index in [0.29, 0.717) is 23.5 Å². The first-order valence-corrected chi connectivity index (χ1v) is 13.2. The molecule has 0 radical (unpaired) electrons. The smallest absolute Gasteiger partial charge is 0.257 e. The van der Waals surface area contributed by atoms with Crippen molar-refractivity contribution in [2.24, 2.45) is 5.92 Å². The van der Waals surface area contributed by atoms with Crippen molar-refractivity contribution in [1.82, 2.24) is 4.98 Å². The molecule has 1 aromatic heterocycles. The maximum absolute atomic E-state index is 13.8. The number of aromatic nitrogens is 1. The van der Waals surface area contributed by atoms with Gasteiger partial charge in [0.1, 0.15) is 12.3 Å². The average molecular weight is 489 g/mol. The number of benzene rings is 2. The molecule has 5 rings (SSSR count). The Bertz CT molecular complexity index is 1290. The molecule has 1 N–H and O–H groups in total. The topological polar surface area (TPSA) is 76.1 Å². The molecule has 2 aliphatic rings. The van der Waals surface area contributed by atoms with Crippen molar-refractivity contribution in [1.29, 1.82) is 0 Å². The molecule has 0 spiro atoms. The number of sulfone groups is 1. The van der Waals surface area contributed by atoms with Gasteiger partial charge in [-0.15, -0.1) is 0 Å². The van der Waals surface area contributed by atoms with Crippen LogP contribution < -0.4 is 5.32 Å². The van der Waals surface area contributed by atoms with Crippen LogP contribution >= 0.6 is 11.3 Å². The molecule has 3 aromatic rings. The van der Waals surface area contributed by atoms with E-state index in [1.165, 1.54) is 23.5 Å². The lowest BCUT2D eigenvalue weighted by Gasteiger charge is -2.12. The molecule has 0 unspecified atom stereocenters. The molecule has 2 aliphatic carbocycles. The third-order valence-corrected chi connectivity index (χ3v) is 9.30. The molecule has 2 saturated carbocycles. The van der Waals surface area contributed by atoms with Crippen LogP contribution in [-0.2, 0) is 14.6 Å². The first kappa shape index (κ1) is 22.2. The summed E-state index contributed by atoms with van der Waals surface area (Å²) < 4.78 is 53.5. The number of para-hydroxylation sites is 1. The Morgan fingerprint density at radius 3 is 2.33 bits per heavy atom. The van der Waals surface area contributed by atoms with E-state index in [2.05, 4.69) is 10.3 Å². The third kappa shape index (κ3) is 4.56. The second-order valence-electron chi connectivity index (χ2n) is 8.55. The molecular formula is C24H22F2N2O3S2. The molecule has 3 atom stereocenters. The van der Waals surface area contributed by atoms with Gasteiger partial charge in [-0.05, 0) is 61.4 Å². The Labute approximate surface area is 194 Å². The van der Waals surface area contributed by atoms with Crippen molar-refractivity contribution < 1.29 is 22.0 Å². The second-order valence-corrected chi connectivity index (χ2v) is 11.8. The van der Waals surface area contributed by atoms with Crippen LogP contribution in [0.2, 0.25) is 0 Å². The Morgan fingerprint density at radius 2 is 1.70 bits per heavy atom. The number of nitrogens with zero attached hydrogens (tertiary/aromatic N) is 1. The van der Waals surface area contributed by atoms with E-state index < -0.39 is 34.0 Å². The second kappa shape index (κ2) is 8.61. The van der Waals surface area contributed by atoms with Gasteiger partial charge in [-0.3, -0.25) is 10.1 Å². The summed E-state index contributed by atoms with van der Waals surface area (Å²) in [5, 5.41) is 2.88. The van der Waals surface area contributed by atoms with Gasteiger partial charge in [-0.1, -0.05) is 41.7 Å². The minimum atomic E-state index is -3.36. The number of fused-ring (bicyclic) bond motifs is 1. The maximum atomic E-state index is 13.8. The molecule has 0 bridgehead atoms. The molecule has 0 saturated heterocycles. The van der Waals surface area contributed by atoms with E-state index in [9.17, 15) is 22.0 Å². The predicted molar refractivity (Wildman–Crippen MR) is 125 cm³/mol. The van der Waals surface area contributed by atoms with Gasteiger partial charge in [-0.2, -0.15) is 0 Å². The lowest BCUT2D eigenvalue weighted by molar-refractivity contribution is -0.111. The molecule has 2 aromatic carbocycles. The number of hydrogen-bond donors (Lipinski definition) is 1. The quantitative estimate of drug-likeness (QED) is 0.475. The van der Waals surface area contributed by atoms with Crippen molar-refractivity contribution in [3.63, 3.8) is 0 Å². The number of nitrogens with one attached hydrogen (secondary N) is 1. The zero-order valence-electron chi connectivity index (χ0n) is 17.6. The number of carbonyl (C=O) groups excluding carboxylic acids is 1. The summed E-state index contributed by atoms with van der Waals surface area (Å²) >= 11 is 1.33. The summed E-state index contributed by atoms with van der Waals surface area (Å²) in [5.41, 5.74) is 1.49. The van der Waals surface area contributed by atoms with Crippen LogP contribution in [0, 0.1) is 5.92 Å². The van der Waals surface area contributed by atoms with Crippen molar-refractivity contribution in [3.05, 3.63) is 60.2 Å². The van der Waals surface area contributed by atoms with Crippen LogP contribution in [0.1, 0.15) is 31.2 Å². The van der Waals surface area contributed by atoms with Gasteiger partial charge in [0.25, 0.3) is 5.91 Å². The minimum absolute atomic E-state index is 0.00717. The number of anilines is 1. The number of allylic oxidation sites excluding steroid dienone is 1. The Morgan fingerprint density at radius 1 is 1.03 bits per heavy atom. The Kier molecular flexibility index (Phi) is 5.78. The van der Waals surface area contributed by atoms with E-state index in [0.717, 1.165) is 10.2 Å². The molecule has 1 heterocycles. The summed E-state index contributed by atoms with van der Waals surface area (Å²) in [7, 11) is -3.36. The molecule has 9 heteroatoms. The van der Waals surface area contributed by atoms with Gasteiger partial charge in [0.05, 0.1) is 20.4 Å². The summed E-state index contributed by atoms with van der Waals surface area (Å²) in [5.74, 6) is -0.884. The molecular weight excluding hydrogens is 466 g/mol. The summed E-state index contributed by atoms with van der Waals surface area (Å²) in [6.07, 6.45) is -0.163. The average Bonchev–Trinajstić information content (AvgIpc) is 3.51. The molecule has 1 amide bonds. The largest absolute Gasteiger partial charge is 0.298 e. The SMILES string of the molecule is O=C(Nc1nc2ccccc2s1)/C(=C/[C@H]1C[C@@H](F)[C@@H](F)C1)c1ccc(S(=O)(=O)C2CC2)cc1. The van der Waals surface area contributed by atoms with Crippen LogP contribution in [0.5, 0.6) is 0 Å². The summed E-state index contributed by atoms with van der Waals surface area (Å²) in [6.45, 7) is 0. The number of halogens is 2.